The van der Waals surface area contributed by atoms with Crippen LogP contribution < -0.4 is 10.5 Å². The number of carbonyl (C=O) groups excluding carboxylic acids is 2. The highest BCUT2D eigenvalue weighted by atomic mass is 32.2. The van der Waals surface area contributed by atoms with Gasteiger partial charge in [-0.2, -0.15) is 0 Å². The maximum absolute atomic E-state index is 13.2. The van der Waals surface area contributed by atoms with E-state index >= 15 is 0 Å². The Hall–Kier alpha value is -3.84. The molecule has 0 radical (unpaired) electrons. The van der Waals surface area contributed by atoms with Crippen LogP contribution in [0.25, 0.3) is 6.08 Å². The van der Waals surface area contributed by atoms with Crippen LogP contribution in [-0.4, -0.2) is 28.5 Å². The van der Waals surface area contributed by atoms with E-state index in [1.165, 1.54) is 11.8 Å². The Morgan fingerprint density at radius 2 is 1.62 bits per heavy atom. The molecule has 0 spiro atoms. The summed E-state index contributed by atoms with van der Waals surface area (Å²) in [5.74, 6) is -0.0936. The lowest BCUT2D eigenvalue weighted by Crippen LogP contribution is -2.28. The molecule has 0 bridgehead atoms. The van der Waals surface area contributed by atoms with E-state index in [0.29, 0.717) is 22.4 Å². The van der Waals surface area contributed by atoms with Crippen LogP contribution >= 0.6 is 11.8 Å². The van der Waals surface area contributed by atoms with Crippen LogP contribution in [0.3, 0.4) is 0 Å². The minimum absolute atomic E-state index is 0.0948. The zero-order valence-corrected chi connectivity index (χ0v) is 18.0. The number of nitrogens with two attached hydrogens (primary N) is 1. The van der Waals surface area contributed by atoms with Crippen molar-refractivity contribution in [3.8, 4) is 5.75 Å². The molecule has 160 valence electrons. The van der Waals surface area contributed by atoms with Crippen LogP contribution in [-0.2, 0) is 16.1 Å². The van der Waals surface area contributed by atoms with Crippen LogP contribution in [0.2, 0.25) is 0 Å². The zero-order chi connectivity index (χ0) is 22.3. The molecule has 1 aliphatic rings. The van der Waals surface area contributed by atoms with Crippen molar-refractivity contribution >= 4 is 40.5 Å². The van der Waals surface area contributed by atoms with Crippen molar-refractivity contribution in [1.29, 1.82) is 0 Å². The van der Waals surface area contributed by atoms with Gasteiger partial charge in [-0.05, 0) is 53.2 Å². The molecule has 1 fully saturated rings. The third-order valence-electron chi connectivity index (χ3n) is 4.61. The number of amides is 2. The van der Waals surface area contributed by atoms with Crippen LogP contribution in [0.5, 0.6) is 5.75 Å². The normalized spacial score (nSPS) is 16.0. The van der Waals surface area contributed by atoms with E-state index in [2.05, 4.69) is 0 Å². The Morgan fingerprint density at radius 3 is 2.28 bits per heavy atom. The number of primary amides is 1. The summed E-state index contributed by atoms with van der Waals surface area (Å²) in [5, 5.41) is 0.637. The summed E-state index contributed by atoms with van der Waals surface area (Å²) in [6.07, 6.45) is 1.83. The third kappa shape index (κ3) is 5.44. The Bertz CT molecular complexity index is 1160. The predicted octanol–water partition coefficient (Wildman–Crippen LogP) is 4.35. The lowest BCUT2D eigenvalue weighted by atomic mass is 10.2. The van der Waals surface area contributed by atoms with Crippen molar-refractivity contribution in [1.82, 2.24) is 4.90 Å². The Balaban J connectivity index is 1.59. The van der Waals surface area contributed by atoms with E-state index < -0.39 is 5.91 Å². The van der Waals surface area contributed by atoms with Crippen molar-refractivity contribution in [3.63, 3.8) is 0 Å². The number of nitrogens with zero attached hydrogens (tertiary/aromatic N) is 2. The maximum Gasteiger partial charge on any atom is 0.267 e. The molecular weight excluding hydrogens is 422 g/mol. The average molecular weight is 444 g/mol. The van der Waals surface area contributed by atoms with Gasteiger partial charge < -0.3 is 10.5 Å². The summed E-state index contributed by atoms with van der Waals surface area (Å²) in [5.41, 5.74) is 7.76. The lowest BCUT2D eigenvalue weighted by molar-refractivity contribution is -0.122. The minimum atomic E-state index is -0.534. The largest absolute Gasteiger partial charge is 0.484 e. The Labute approximate surface area is 190 Å². The van der Waals surface area contributed by atoms with Gasteiger partial charge in [-0.3, -0.25) is 14.5 Å². The van der Waals surface area contributed by atoms with Gasteiger partial charge in [-0.1, -0.05) is 60.7 Å². The van der Waals surface area contributed by atoms with E-state index in [0.717, 1.165) is 16.8 Å². The van der Waals surface area contributed by atoms with Gasteiger partial charge in [0.15, 0.2) is 11.8 Å². The van der Waals surface area contributed by atoms with Crippen molar-refractivity contribution in [3.05, 3.63) is 101 Å². The fraction of sp³-hybridized carbons (Fsp3) is 0.0800. The summed E-state index contributed by atoms with van der Waals surface area (Å²) >= 11 is 1.35. The molecule has 3 aromatic rings. The van der Waals surface area contributed by atoms with Gasteiger partial charge in [0, 0.05) is 0 Å². The number of ether oxygens (including phenoxy) is 1. The SMILES string of the molecule is NC(=O)COc1ccc(/C=C2/SC(=Nc3ccccc3)N(Cc3ccccc3)C2=O)cc1. The Kier molecular flexibility index (Phi) is 6.67. The molecule has 3 aromatic carbocycles. The number of carbonyl (C=O) groups is 2. The highest BCUT2D eigenvalue weighted by molar-refractivity contribution is 8.18. The standard InChI is InChI=1S/C25H21N3O3S/c26-23(29)17-31-21-13-11-18(12-14-21)15-22-24(30)28(16-19-7-3-1-4-8-19)25(32-22)27-20-9-5-2-6-10-20/h1-15H,16-17H2,(H2,26,29)/b22-15+,27-25?. The van der Waals surface area contributed by atoms with Gasteiger partial charge in [-0.15, -0.1) is 0 Å². The second-order valence-corrected chi connectivity index (χ2v) is 8.05. The van der Waals surface area contributed by atoms with E-state index in [9.17, 15) is 9.59 Å². The monoisotopic (exact) mass is 443 g/mol. The van der Waals surface area contributed by atoms with Crippen molar-refractivity contribution in [2.45, 2.75) is 6.54 Å². The first kappa shape index (κ1) is 21.4. The molecule has 1 aliphatic heterocycles. The van der Waals surface area contributed by atoms with Crippen molar-refractivity contribution in [2.75, 3.05) is 6.61 Å². The van der Waals surface area contributed by atoms with Crippen LogP contribution in [0, 0.1) is 0 Å². The molecule has 0 unspecified atom stereocenters. The van der Waals surface area contributed by atoms with E-state index in [4.69, 9.17) is 15.5 Å². The van der Waals surface area contributed by atoms with Crippen LogP contribution in [0.4, 0.5) is 5.69 Å². The van der Waals surface area contributed by atoms with Crippen LogP contribution in [0.1, 0.15) is 11.1 Å². The number of thioether (sulfide) groups is 1. The number of amidine groups is 1. The molecule has 0 aliphatic carbocycles. The minimum Gasteiger partial charge on any atom is -0.484 e. The van der Waals surface area contributed by atoms with Crippen molar-refractivity contribution in [2.24, 2.45) is 10.7 Å². The van der Waals surface area contributed by atoms with Gasteiger partial charge in [0.1, 0.15) is 5.75 Å². The molecule has 1 saturated heterocycles. The third-order valence-corrected chi connectivity index (χ3v) is 5.62. The van der Waals surface area contributed by atoms with Gasteiger partial charge in [0.25, 0.3) is 11.8 Å². The second-order valence-electron chi connectivity index (χ2n) is 7.04. The fourth-order valence-electron chi connectivity index (χ4n) is 3.08. The number of hydrogen-bond acceptors (Lipinski definition) is 5. The first-order valence-electron chi connectivity index (χ1n) is 9.99. The molecule has 0 atom stereocenters. The van der Waals surface area contributed by atoms with E-state index in [-0.39, 0.29) is 12.5 Å². The first-order valence-corrected chi connectivity index (χ1v) is 10.8. The summed E-state index contributed by atoms with van der Waals surface area (Å²) in [6.45, 7) is 0.262. The molecule has 0 saturated carbocycles. The van der Waals surface area contributed by atoms with Crippen molar-refractivity contribution < 1.29 is 14.3 Å². The molecule has 2 N–H and O–H groups in total. The first-order chi connectivity index (χ1) is 15.6. The molecule has 7 heteroatoms. The number of rotatable bonds is 7. The highest BCUT2D eigenvalue weighted by Crippen LogP contribution is 2.35. The summed E-state index contributed by atoms with van der Waals surface area (Å²) < 4.78 is 5.29. The number of aliphatic imine (C=N–C) groups is 1. The topological polar surface area (TPSA) is 85.0 Å². The molecule has 1 heterocycles. The number of para-hydroxylation sites is 1. The van der Waals surface area contributed by atoms with E-state index in [1.807, 2.05) is 78.9 Å². The molecule has 6 nitrogen and oxygen atoms in total. The maximum atomic E-state index is 13.2. The van der Waals surface area contributed by atoms with Gasteiger partial charge in [0.05, 0.1) is 17.1 Å². The van der Waals surface area contributed by atoms with Gasteiger partial charge in [-0.25, -0.2) is 4.99 Å². The summed E-state index contributed by atoms with van der Waals surface area (Å²) in [4.78, 5) is 31.1. The average Bonchev–Trinajstić information content (AvgIpc) is 3.09. The quantitative estimate of drug-likeness (QED) is 0.550. The number of benzene rings is 3. The van der Waals surface area contributed by atoms with E-state index in [1.54, 1.807) is 17.0 Å². The Morgan fingerprint density at radius 1 is 0.969 bits per heavy atom. The fourth-order valence-corrected chi connectivity index (χ4v) is 4.07. The molecule has 4 rings (SSSR count). The summed E-state index contributed by atoms with van der Waals surface area (Å²) in [6, 6.07) is 26.5. The molecule has 32 heavy (non-hydrogen) atoms. The van der Waals surface area contributed by atoms with Gasteiger partial charge >= 0.3 is 0 Å². The second kappa shape index (κ2) is 9.98. The number of hydrogen-bond donors (Lipinski definition) is 1. The zero-order valence-electron chi connectivity index (χ0n) is 17.2. The molecule has 0 aromatic heterocycles. The lowest BCUT2D eigenvalue weighted by Gasteiger charge is -2.15. The molecule has 2 amide bonds. The smallest absolute Gasteiger partial charge is 0.267 e. The summed E-state index contributed by atoms with van der Waals surface area (Å²) in [7, 11) is 0. The highest BCUT2D eigenvalue weighted by Gasteiger charge is 2.33. The van der Waals surface area contributed by atoms with Gasteiger partial charge in [0.2, 0.25) is 0 Å². The van der Waals surface area contributed by atoms with Crippen LogP contribution in [0.15, 0.2) is 94.8 Å². The molecular formula is C25H21N3O3S. The predicted molar refractivity (Wildman–Crippen MR) is 127 cm³/mol.